The Morgan fingerprint density at radius 1 is 1.00 bits per heavy atom. The summed E-state index contributed by atoms with van der Waals surface area (Å²) in [5.41, 5.74) is 2.94. The van der Waals surface area contributed by atoms with Crippen molar-refractivity contribution in [2.75, 3.05) is 0 Å². The van der Waals surface area contributed by atoms with Gasteiger partial charge in [-0.3, -0.25) is 0 Å². The Morgan fingerprint density at radius 3 is 2.12 bits per heavy atom. The molecule has 0 N–H and O–H groups in total. The SMILES string of the molecule is CCCCCc1ccc(CCCC[C@H]2CC[C@H](C=C(F)C#N)CC2)cc1. The summed E-state index contributed by atoms with van der Waals surface area (Å²) in [6, 6.07) is 10.8. The second-order valence-electron chi connectivity index (χ2n) is 7.93. The van der Waals surface area contributed by atoms with Crippen molar-refractivity contribution in [1.29, 1.82) is 5.26 Å². The molecule has 0 atom stereocenters. The van der Waals surface area contributed by atoms with E-state index >= 15 is 0 Å². The van der Waals surface area contributed by atoms with E-state index < -0.39 is 5.83 Å². The zero-order valence-electron chi connectivity index (χ0n) is 16.4. The van der Waals surface area contributed by atoms with Crippen molar-refractivity contribution < 1.29 is 4.39 Å². The molecule has 0 radical (unpaired) electrons. The molecule has 0 bridgehead atoms. The Morgan fingerprint density at radius 2 is 1.58 bits per heavy atom. The third-order valence-electron chi connectivity index (χ3n) is 5.80. The molecule has 1 aromatic carbocycles. The Labute approximate surface area is 159 Å². The number of aryl methyl sites for hydroxylation is 2. The van der Waals surface area contributed by atoms with Gasteiger partial charge in [0, 0.05) is 0 Å². The maximum Gasteiger partial charge on any atom is 0.196 e. The fourth-order valence-electron chi connectivity index (χ4n) is 4.10. The summed E-state index contributed by atoms with van der Waals surface area (Å²) in [6.07, 6.45) is 16.1. The number of unbranched alkanes of at least 4 members (excludes halogenated alkanes) is 3. The van der Waals surface area contributed by atoms with Gasteiger partial charge >= 0.3 is 0 Å². The van der Waals surface area contributed by atoms with Crippen LogP contribution in [-0.2, 0) is 12.8 Å². The summed E-state index contributed by atoms with van der Waals surface area (Å²) in [7, 11) is 0. The second-order valence-corrected chi connectivity index (χ2v) is 7.93. The lowest BCUT2D eigenvalue weighted by Gasteiger charge is -2.26. The number of halogens is 1. The van der Waals surface area contributed by atoms with E-state index in [1.165, 1.54) is 81.4 Å². The van der Waals surface area contributed by atoms with Crippen molar-refractivity contribution in [3.63, 3.8) is 0 Å². The molecule has 0 aromatic heterocycles. The molecule has 1 saturated carbocycles. The standard InChI is InChI=1S/C24H34FN/c1-2-3-4-7-20-10-12-21(13-11-20)8-5-6-9-22-14-16-23(17-15-22)18-24(25)19-26/h10-13,18,22-23H,2-9,14-17H2,1H3/t22-,23-. The average Bonchev–Trinajstić information content (AvgIpc) is 2.67. The van der Waals surface area contributed by atoms with Crippen LogP contribution in [0.3, 0.4) is 0 Å². The molecule has 0 heterocycles. The number of hydrogen-bond acceptors (Lipinski definition) is 1. The molecule has 1 aliphatic carbocycles. The van der Waals surface area contributed by atoms with E-state index in [0.29, 0.717) is 0 Å². The highest BCUT2D eigenvalue weighted by atomic mass is 19.1. The molecular weight excluding hydrogens is 321 g/mol. The summed E-state index contributed by atoms with van der Waals surface area (Å²) in [6.45, 7) is 2.25. The van der Waals surface area contributed by atoms with Gasteiger partial charge in [-0.15, -0.1) is 0 Å². The van der Waals surface area contributed by atoms with E-state index in [1.54, 1.807) is 6.07 Å². The largest absolute Gasteiger partial charge is 0.196 e. The molecule has 0 amide bonds. The first-order chi connectivity index (χ1) is 12.7. The van der Waals surface area contributed by atoms with Crippen molar-refractivity contribution in [1.82, 2.24) is 0 Å². The molecule has 1 nitrogen and oxygen atoms in total. The van der Waals surface area contributed by atoms with Crippen LogP contribution >= 0.6 is 0 Å². The van der Waals surface area contributed by atoms with Gasteiger partial charge in [0.25, 0.3) is 0 Å². The number of benzene rings is 1. The monoisotopic (exact) mass is 355 g/mol. The molecule has 142 valence electrons. The maximum absolute atomic E-state index is 13.0. The van der Waals surface area contributed by atoms with Gasteiger partial charge in [-0.2, -0.15) is 9.65 Å². The summed E-state index contributed by atoms with van der Waals surface area (Å²) in [5.74, 6) is 0.470. The van der Waals surface area contributed by atoms with Crippen LogP contribution < -0.4 is 0 Å². The molecule has 0 spiro atoms. The fraction of sp³-hybridized carbons (Fsp3) is 0.625. The van der Waals surface area contributed by atoms with Gasteiger partial charge in [0.1, 0.15) is 6.07 Å². The third-order valence-corrected chi connectivity index (χ3v) is 5.80. The van der Waals surface area contributed by atoms with Gasteiger partial charge in [-0.25, -0.2) is 0 Å². The van der Waals surface area contributed by atoms with Crippen molar-refractivity contribution in [3.8, 4) is 6.07 Å². The van der Waals surface area contributed by atoms with Crippen LogP contribution in [0.4, 0.5) is 4.39 Å². The normalized spacial score (nSPS) is 20.7. The molecule has 1 fully saturated rings. The first-order valence-electron chi connectivity index (χ1n) is 10.6. The van der Waals surface area contributed by atoms with Crippen LogP contribution in [0.2, 0.25) is 0 Å². The number of rotatable bonds is 10. The van der Waals surface area contributed by atoms with E-state index in [1.807, 2.05) is 0 Å². The lowest BCUT2D eigenvalue weighted by molar-refractivity contribution is 0.288. The van der Waals surface area contributed by atoms with Crippen molar-refractivity contribution in [2.24, 2.45) is 11.8 Å². The summed E-state index contributed by atoms with van der Waals surface area (Å²) in [5, 5.41) is 8.52. The molecule has 1 aromatic rings. The summed E-state index contributed by atoms with van der Waals surface area (Å²) < 4.78 is 13.0. The number of nitrogens with zero attached hydrogens (tertiary/aromatic N) is 1. The van der Waals surface area contributed by atoms with E-state index in [0.717, 1.165) is 18.8 Å². The van der Waals surface area contributed by atoms with Crippen LogP contribution in [0.15, 0.2) is 36.2 Å². The van der Waals surface area contributed by atoms with Gasteiger partial charge < -0.3 is 0 Å². The Kier molecular flexibility index (Phi) is 9.46. The average molecular weight is 356 g/mol. The van der Waals surface area contributed by atoms with Gasteiger partial charge in [-0.05, 0) is 80.4 Å². The Balaban J connectivity index is 1.59. The zero-order valence-corrected chi connectivity index (χ0v) is 16.4. The molecule has 0 aliphatic heterocycles. The quantitative estimate of drug-likeness (QED) is 0.319. The highest BCUT2D eigenvalue weighted by Crippen LogP contribution is 2.33. The van der Waals surface area contributed by atoms with Gasteiger partial charge in [-0.1, -0.05) is 56.9 Å². The number of hydrogen-bond donors (Lipinski definition) is 0. The van der Waals surface area contributed by atoms with Crippen molar-refractivity contribution in [3.05, 3.63) is 47.3 Å². The third kappa shape index (κ3) is 7.73. The van der Waals surface area contributed by atoms with Crippen LogP contribution in [0.5, 0.6) is 0 Å². The summed E-state index contributed by atoms with van der Waals surface area (Å²) >= 11 is 0. The highest BCUT2D eigenvalue weighted by Gasteiger charge is 2.20. The molecular formula is C24H34FN. The first kappa shape index (κ1) is 20.7. The van der Waals surface area contributed by atoms with E-state index in [-0.39, 0.29) is 5.92 Å². The smallest absolute Gasteiger partial charge is 0.195 e. The van der Waals surface area contributed by atoms with Crippen LogP contribution in [0, 0.1) is 23.2 Å². The lowest BCUT2D eigenvalue weighted by Crippen LogP contribution is -2.13. The highest BCUT2D eigenvalue weighted by molar-refractivity contribution is 5.22. The van der Waals surface area contributed by atoms with Crippen molar-refractivity contribution >= 4 is 0 Å². The first-order valence-corrected chi connectivity index (χ1v) is 10.6. The molecule has 26 heavy (non-hydrogen) atoms. The molecule has 2 rings (SSSR count). The van der Waals surface area contributed by atoms with E-state index in [2.05, 4.69) is 31.2 Å². The minimum Gasteiger partial charge on any atom is -0.195 e. The molecule has 0 unspecified atom stereocenters. The number of nitriles is 1. The minimum absolute atomic E-state index is 0.279. The zero-order chi connectivity index (χ0) is 18.6. The molecule has 0 saturated heterocycles. The fourth-order valence-corrected chi connectivity index (χ4v) is 4.10. The van der Waals surface area contributed by atoms with Crippen LogP contribution in [0.25, 0.3) is 0 Å². The van der Waals surface area contributed by atoms with E-state index in [9.17, 15) is 4.39 Å². The predicted octanol–water partition coefficient (Wildman–Crippen LogP) is 7.32. The number of allylic oxidation sites excluding steroid dienone is 2. The van der Waals surface area contributed by atoms with Gasteiger partial charge in [0.2, 0.25) is 0 Å². The minimum atomic E-state index is -0.607. The van der Waals surface area contributed by atoms with Gasteiger partial charge in [0.05, 0.1) is 0 Å². The molecule has 1 aliphatic rings. The second kappa shape index (κ2) is 11.9. The van der Waals surface area contributed by atoms with Crippen LogP contribution in [-0.4, -0.2) is 0 Å². The topological polar surface area (TPSA) is 23.8 Å². The Hall–Kier alpha value is -1.62. The van der Waals surface area contributed by atoms with Crippen LogP contribution in [0.1, 0.15) is 82.3 Å². The molecule has 2 heteroatoms. The lowest BCUT2D eigenvalue weighted by atomic mass is 9.79. The maximum atomic E-state index is 13.0. The Bertz CT molecular complexity index is 573. The summed E-state index contributed by atoms with van der Waals surface area (Å²) in [4.78, 5) is 0. The van der Waals surface area contributed by atoms with Crippen molar-refractivity contribution in [2.45, 2.75) is 84.0 Å². The van der Waals surface area contributed by atoms with Gasteiger partial charge in [0.15, 0.2) is 5.83 Å². The van der Waals surface area contributed by atoms with E-state index in [4.69, 9.17) is 5.26 Å². The predicted molar refractivity (Wildman–Crippen MR) is 107 cm³/mol.